The van der Waals surface area contributed by atoms with Crippen LogP contribution in [-0.2, 0) is 4.79 Å². The second kappa shape index (κ2) is 4.88. The third-order valence-electron chi connectivity index (χ3n) is 1.31. The minimum Gasteiger partial charge on any atom is -0.359 e. The van der Waals surface area contributed by atoms with Gasteiger partial charge in [-0.15, -0.1) is 0 Å². The van der Waals surface area contributed by atoms with Gasteiger partial charge in [0.25, 0.3) is 0 Å². The summed E-state index contributed by atoms with van der Waals surface area (Å²) >= 11 is 0. The van der Waals surface area contributed by atoms with E-state index in [1.54, 1.807) is 7.05 Å². The quantitative estimate of drug-likeness (QED) is 0.731. The number of carbonyl (C=O) groups is 1. The maximum Gasteiger partial charge on any atom is 0.219 e. The highest BCUT2D eigenvalue weighted by molar-refractivity contribution is 8.50. The maximum atomic E-state index is 10.8. The molecule has 0 aromatic rings. The second-order valence-electron chi connectivity index (χ2n) is 2.88. The summed E-state index contributed by atoms with van der Waals surface area (Å²) in [6, 6.07) is 0. The van der Waals surface area contributed by atoms with Gasteiger partial charge in [0, 0.05) is 13.5 Å². The molecular weight excluding hydrogens is 182 g/mol. The molecule has 0 unspecified atom stereocenters. The molecule has 2 nitrogen and oxygen atoms in total. The normalized spacial score (nSPS) is 12.7. The predicted octanol–water partition coefficient (Wildman–Crippen LogP) is 1.73. The van der Waals surface area contributed by atoms with E-state index in [1.807, 2.05) is 12.5 Å². The average molecular weight is 198 g/mol. The lowest BCUT2D eigenvalue weighted by Gasteiger charge is -2.20. The number of hydrogen-bond donors (Lipinski definition) is 1. The number of hydrogen-bond acceptors (Lipinski definition) is 1. The average Bonchev–Trinajstić information content (AvgIpc) is 1.85. The molecule has 4 heteroatoms. The van der Waals surface area contributed by atoms with Crippen LogP contribution in [0.2, 0.25) is 0 Å². The highest BCUT2D eigenvalue weighted by atomic mass is 35.7. The van der Waals surface area contributed by atoms with Gasteiger partial charge in [0.15, 0.2) is 0 Å². The fourth-order valence-corrected chi connectivity index (χ4v) is 1.86. The van der Waals surface area contributed by atoms with Gasteiger partial charge in [-0.1, -0.05) is 10.7 Å². The summed E-state index contributed by atoms with van der Waals surface area (Å²) < 4.78 is 0. The summed E-state index contributed by atoms with van der Waals surface area (Å²) in [5, 5.41) is 2.58. The Hall–Kier alpha value is 0.110. The van der Waals surface area contributed by atoms with Crippen LogP contribution < -0.4 is 5.32 Å². The molecule has 0 aliphatic rings. The number of amides is 1. The van der Waals surface area contributed by atoms with E-state index in [0.29, 0.717) is 6.42 Å². The monoisotopic (exact) mass is 197 g/mol. The van der Waals surface area contributed by atoms with Gasteiger partial charge in [-0.05, 0) is 24.7 Å². The summed E-state index contributed by atoms with van der Waals surface area (Å²) in [5.41, 5.74) is 0. The van der Waals surface area contributed by atoms with E-state index in [4.69, 9.17) is 10.7 Å². The van der Waals surface area contributed by atoms with Gasteiger partial charge in [-0.2, -0.15) is 9.24 Å². The number of rotatable bonds is 4. The third-order valence-corrected chi connectivity index (χ3v) is 3.03. The Morgan fingerprint density at radius 3 is 2.45 bits per heavy atom. The van der Waals surface area contributed by atoms with E-state index >= 15 is 0 Å². The fraction of sp³-hybridized carbons (Fsp3) is 0.857. The van der Waals surface area contributed by atoms with Crippen molar-refractivity contribution in [3.05, 3.63) is 0 Å². The summed E-state index contributed by atoms with van der Waals surface area (Å²) in [4.78, 5) is 10.8. The molecular formula is C7H16ClNOS. The van der Waals surface area contributed by atoms with Crippen molar-refractivity contribution in [2.24, 2.45) is 0 Å². The second-order valence-corrected chi connectivity index (χ2v) is 8.61. The van der Waals surface area contributed by atoms with Crippen LogP contribution >= 0.6 is 19.9 Å². The van der Waals surface area contributed by atoms with Crippen molar-refractivity contribution in [1.82, 2.24) is 5.32 Å². The molecule has 1 N–H and O–H groups in total. The SMILES string of the molecule is CNC(=O)CCCS(C)(C)Cl. The van der Waals surface area contributed by atoms with Crippen LogP contribution in [0.15, 0.2) is 0 Å². The minimum atomic E-state index is -0.936. The van der Waals surface area contributed by atoms with Crippen molar-refractivity contribution in [3.63, 3.8) is 0 Å². The van der Waals surface area contributed by atoms with Crippen LogP contribution in [-0.4, -0.2) is 31.2 Å². The molecule has 0 rings (SSSR count). The molecule has 0 bridgehead atoms. The number of carbonyl (C=O) groups excluding carboxylic acids is 1. The first kappa shape index (κ1) is 11.1. The van der Waals surface area contributed by atoms with Crippen molar-refractivity contribution < 1.29 is 4.79 Å². The fourth-order valence-electron chi connectivity index (χ4n) is 0.701. The molecule has 0 aromatic heterocycles. The van der Waals surface area contributed by atoms with Gasteiger partial charge in [-0.3, -0.25) is 4.79 Å². The van der Waals surface area contributed by atoms with E-state index in [-0.39, 0.29) is 5.91 Å². The molecule has 0 fully saturated rings. The molecule has 0 atom stereocenters. The Balaban J connectivity index is 3.35. The molecule has 0 aromatic carbocycles. The number of halogens is 1. The van der Waals surface area contributed by atoms with Gasteiger partial charge in [0.2, 0.25) is 5.91 Å². The molecule has 0 saturated carbocycles. The molecule has 11 heavy (non-hydrogen) atoms. The predicted molar refractivity (Wildman–Crippen MR) is 53.5 cm³/mol. The largest absolute Gasteiger partial charge is 0.359 e. The van der Waals surface area contributed by atoms with E-state index < -0.39 is 9.24 Å². The van der Waals surface area contributed by atoms with Crippen molar-refractivity contribution in [1.29, 1.82) is 0 Å². The molecule has 1 amide bonds. The highest BCUT2D eigenvalue weighted by Gasteiger charge is 2.07. The molecule has 0 heterocycles. The Labute approximate surface area is 74.5 Å². The van der Waals surface area contributed by atoms with Crippen LogP contribution in [0.4, 0.5) is 0 Å². The lowest BCUT2D eigenvalue weighted by atomic mass is 10.3. The van der Waals surface area contributed by atoms with E-state index in [0.717, 1.165) is 12.2 Å². The van der Waals surface area contributed by atoms with Gasteiger partial charge in [-0.25, -0.2) is 0 Å². The summed E-state index contributed by atoms with van der Waals surface area (Å²) in [6.07, 6.45) is 5.57. The Morgan fingerprint density at radius 2 is 2.09 bits per heavy atom. The lowest BCUT2D eigenvalue weighted by molar-refractivity contribution is -0.120. The van der Waals surface area contributed by atoms with Crippen LogP contribution in [0, 0.1) is 0 Å². The summed E-state index contributed by atoms with van der Waals surface area (Å²) in [5.74, 6) is 1.06. The first-order valence-electron chi connectivity index (χ1n) is 3.57. The zero-order chi connectivity index (χ0) is 8.91. The van der Waals surface area contributed by atoms with E-state index in [9.17, 15) is 4.79 Å². The summed E-state index contributed by atoms with van der Waals surface area (Å²) in [6.45, 7) is 0. The van der Waals surface area contributed by atoms with Crippen molar-refractivity contribution in [2.45, 2.75) is 12.8 Å². The van der Waals surface area contributed by atoms with E-state index in [1.165, 1.54) is 0 Å². The molecule has 0 radical (unpaired) electrons. The Morgan fingerprint density at radius 1 is 1.55 bits per heavy atom. The van der Waals surface area contributed by atoms with Gasteiger partial charge >= 0.3 is 0 Å². The van der Waals surface area contributed by atoms with Crippen LogP contribution in [0.3, 0.4) is 0 Å². The maximum absolute atomic E-state index is 10.8. The zero-order valence-electron chi connectivity index (χ0n) is 7.32. The first-order chi connectivity index (χ1) is 4.95. The standard InChI is InChI=1S/C7H16ClNOS/c1-9-7(10)5-4-6-11(2,3)8/h4-6H2,1-3H3,(H,9,10). The van der Waals surface area contributed by atoms with Crippen LogP contribution in [0.25, 0.3) is 0 Å². The molecule has 0 aliphatic heterocycles. The highest BCUT2D eigenvalue weighted by Crippen LogP contribution is 2.45. The van der Waals surface area contributed by atoms with Gasteiger partial charge in [0.1, 0.15) is 0 Å². The van der Waals surface area contributed by atoms with Gasteiger partial charge in [0.05, 0.1) is 0 Å². The lowest BCUT2D eigenvalue weighted by Crippen LogP contribution is -2.17. The molecule has 0 spiro atoms. The van der Waals surface area contributed by atoms with Crippen LogP contribution in [0.1, 0.15) is 12.8 Å². The zero-order valence-corrected chi connectivity index (χ0v) is 8.89. The summed E-state index contributed by atoms with van der Waals surface area (Å²) in [7, 11) is 6.73. The van der Waals surface area contributed by atoms with Crippen molar-refractivity contribution >= 4 is 25.8 Å². The smallest absolute Gasteiger partial charge is 0.219 e. The first-order valence-corrected chi connectivity index (χ1v) is 7.01. The van der Waals surface area contributed by atoms with Crippen molar-refractivity contribution in [3.8, 4) is 0 Å². The number of nitrogens with one attached hydrogen (secondary N) is 1. The topological polar surface area (TPSA) is 29.1 Å². The van der Waals surface area contributed by atoms with Crippen molar-refractivity contribution in [2.75, 3.05) is 25.3 Å². The third kappa shape index (κ3) is 8.01. The molecule has 0 saturated heterocycles. The van der Waals surface area contributed by atoms with E-state index in [2.05, 4.69) is 5.32 Å². The van der Waals surface area contributed by atoms with Crippen LogP contribution in [0.5, 0.6) is 0 Å². The molecule has 0 aliphatic carbocycles. The Kier molecular flexibility index (Phi) is 4.93. The Bertz CT molecular complexity index is 133. The van der Waals surface area contributed by atoms with Gasteiger partial charge < -0.3 is 5.32 Å². The minimum absolute atomic E-state index is 0.102. The molecule has 68 valence electrons.